The van der Waals surface area contributed by atoms with E-state index < -0.39 is 0 Å². The average molecular weight is 216 g/mol. The van der Waals surface area contributed by atoms with Crippen LogP contribution in [0, 0.1) is 5.92 Å². The van der Waals surface area contributed by atoms with Gasteiger partial charge in [-0.05, 0) is 25.7 Å². The Morgan fingerprint density at radius 2 is 1.93 bits per heavy atom. The van der Waals surface area contributed by atoms with Crippen LogP contribution in [0.15, 0.2) is 0 Å². The summed E-state index contributed by atoms with van der Waals surface area (Å²) in [6.07, 6.45) is 3.07. The van der Waals surface area contributed by atoms with Gasteiger partial charge in [-0.3, -0.25) is 0 Å². The SMILES string of the molecule is CCCCOC(=O)COC(C)CC(C)C. The molecule has 0 N–H and O–H groups in total. The second-order valence-electron chi connectivity index (χ2n) is 4.33. The highest BCUT2D eigenvalue weighted by Crippen LogP contribution is 2.07. The van der Waals surface area contributed by atoms with E-state index in [1.807, 2.05) is 6.92 Å². The molecule has 1 unspecified atom stereocenters. The summed E-state index contributed by atoms with van der Waals surface area (Å²) in [4.78, 5) is 11.2. The second-order valence-corrected chi connectivity index (χ2v) is 4.33. The van der Waals surface area contributed by atoms with Gasteiger partial charge in [0, 0.05) is 0 Å². The van der Waals surface area contributed by atoms with Crippen molar-refractivity contribution >= 4 is 5.97 Å². The monoisotopic (exact) mass is 216 g/mol. The van der Waals surface area contributed by atoms with E-state index in [1.165, 1.54) is 0 Å². The number of rotatable bonds is 8. The minimum absolute atomic E-state index is 0.0810. The van der Waals surface area contributed by atoms with Crippen LogP contribution in [0.25, 0.3) is 0 Å². The fourth-order valence-corrected chi connectivity index (χ4v) is 1.31. The largest absolute Gasteiger partial charge is 0.464 e. The Kier molecular flexibility index (Phi) is 8.38. The normalized spacial score (nSPS) is 12.9. The number of esters is 1. The molecule has 0 radical (unpaired) electrons. The molecule has 0 saturated heterocycles. The summed E-state index contributed by atoms with van der Waals surface area (Å²) in [5.41, 5.74) is 0. The highest BCUT2D eigenvalue weighted by atomic mass is 16.6. The Hall–Kier alpha value is -0.570. The molecule has 0 aliphatic rings. The highest BCUT2D eigenvalue weighted by molar-refractivity contribution is 5.70. The van der Waals surface area contributed by atoms with Crippen molar-refractivity contribution in [3.63, 3.8) is 0 Å². The lowest BCUT2D eigenvalue weighted by Crippen LogP contribution is -2.19. The first-order valence-corrected chi connectivity index (χ1v) is 5.83. The predicted octanol–water partition coefficient (Wildman–Crippen LogP) is 2.78. The van der Waals surface area contributed by atoms with E-state index in [0.29, 0.717) is 12.5 Å². The first-order chi connectivity index (χ1) is 7.06. The van der Waals surface area contributed by atoms with Gasteiger partial charge in [0.15, 0.2) is 0 Å². The van der Waals surface area contributed by atoms with Gasteiger partial charge in [0.25, 0.3) is 0 Å². The molecular weight excluding hydrogens is 192 g/mol. The van der Waals surface area contributed by atoms with Gasteiger partial charge in [-0.2, -0.15) is 0 Å². The Morgan fingerprint density at radius 3 is 2.47 bits per heavy atom. The van der Waals surface area contributed by atoms with Gasteiger partial charge in [-0.1, -0.05) is 27.2 Å². The number of unbranched alkanes of at least 4 members (excludes halogenated alkanes) is 1. The van der Waals surface area contributed by atoms with Crippen LogP contribution in [-0.4, -0.2) is 25.3 Å². The van der Waals surface area contributed by atoms with Crippen molar-refractivity contribution in [3.8, 4) is 0 Å². The summed E-state index contributed by atoms with van der Waals surface area (Å²) < 4.78 is 10.3. The Labute approximate surface area is 93.1 Å². The zero-order valence-electron chi connectivity index (χ0n) is 10.4. The molecule has 0 bridgehead atoms. The van der Waals surface area contributed by atoms with E-state index >= 15 is 0 Å². The van der Waals surface area contributed by atoms with Crippen LogP contribution in [0.5, 0.6) is 0 Å². The predicted molar refractivity (Wildman–Crippen MR) is 60.7 cm³/mol. The van der Waals surface area contributed by atoms with Gasteiger partial charge >= 0.3 is 5.97 Å². The highest BCUT2D eigenvalue weighted by Gasteiger charge is 2.08. The molecule has 0 fully saturated rings. The average Bonchev–Trinajstić information content (AvgIpc) is 2.14. The topological polar surface area (TPSA) is 35.5 Å². The maximum Gasteiger partial charge on any atom is 0.332 e. The number of carbonyl (C=O) groups excluding carboxylic acids is 1. The number of hydrogen-bond donors (Lipinski definition) is 0. The molecule has 0 spiro atoms. The molecular formula is C12H24O3. The van der Waals surface area contributed by atoms with Crippen LogP contribution in [0.4, 0.5) is 0 Å². The van der Waals surface area contributed by atoms with Crippen LogP contribution in [0.3, 0.4) is 0 Å². The molecule has 0 aliphatic heterocycles. The summed E-state index contributed by atoms with van der Waals surface area (Å²) in [5, 5.41) is 0. The number of carbonyl (C=O) groups is 1. The van der Waals surface area contributed by atoms with Crippen molar-refractivity contribution < 1.29 is 14.3 Å². The van der Waals surface area contributed by atoms with Gasteiger partial charge in [0.1, 0.15) is 6.61 Å². The number of hydrogen-bond acceptors (Lipinski definition) is 3. The molecule has 3 nitrogen and oxygen atoms in total. The molecule has 0 amide bonds. The van der Waals surface area contributed by atoms with E-state index in [4.69, 9.17) is 9.47 Å². The van der Waals surface area contributed by atoms with Crippen molar-refractivity contribution in [2.45, 2.75) is 53.1 Å². The molecule has 0 aromatic heterocycles. The molecule has 3 heteroatoms. The molecule has 0 aliphatic carbocycles. The molecule has 0 saturated carbocycles. The fraction of sp³-hybridized carbons (Fsp3) is 0.917. The third kappa shape index (κ3) is 9.73. The standard InChI is InChI=1S/C12H24O3/c1-5-6-7-14-12(13)9-15-11(4)8-10(2)3/h10-11H,5-9H2,1-4H3. The van der Waals surface area contributed by atoms with E-state index in [9.17, 15) is 4.79 Å². The molecule has 90 valence electrons. The van der Waals surface area contributed by atoms with E-state index in [0.717, 1.165) is 19.3 Å². The van der Waals surface area contributed by atoms with Crippen molar-refractivity contribution in [3.05, 3.63) is 0 Å². The minimum Gasteiger partial charge on any atom is -0.464 e. The quantitative estimate of drug-likeness (QED) is 0.462. The first-order valence-electron chi connectivity index (χ1n) is 5.83. The van der Waals surface area contributed by atoms with Crippen molar-refractivity contribution in [2.75, 3.05) is 13.2 Å². The van der Waals surface area contributed by atoms with Gasteiger partial charge in [0.05, 0.1) is 12.7 Å². The lowest BCUT2D eigenvalue weighted by molar-refractivity contribution is -0.151. The van der Waals surface area contributed by atoms with Crippen molar-refractivity contribution in [1.82, 2.24) is 0 Å². The summed E-state index contributed by atoms with van der Waals surface area (Å²) in [5.74, 6) is 0.343. The Balaban J connectivity index is 3.44. The minimum atomic E-state index is -0.251. The zero-order chi connectivity index (χ0) is 11.7. The third-order valence-corrected chi connectivity index (χ3v) is 2.05. The Morgan fingerprint density at radius 1 is 1.27 bits per heavy atom. The smallest absolute Gasteiger partial charge is 0.332 e. The van der Waals surface area contributed by atoms with E-state index in [-0.39, 0.29) is 18.7 Å². The summed E-state index contributed by atoms with van der Waals surface area (Å²) >= 11 is 0. The molecule has 0 aromatic carbocycles. The molecule has 0 aromatic rings. The van der Waals surface area contributed by atoms with Crippen LogP contribution in [0.2, 0.25) is 0 Å². The maximum absolute atomic E-state index is 11.2. The first kappa shape index (κ1) is 14.4. The lowest BCUT2D eigenvalue weighted by Gasteiger charge is -2.14. The van der Waals surface area contributed by atoms with Crippen LogP contribution in [-0.2, 0) is 14.3 Å². The van der Waals surface area contributed by atoms with Crippen molar-refractivity contribution in [2.24, 2.45) is 5.92 Å². The maximum atomic E-state index is 11.2. The van der Waals surface area contributed by atoms with Gasteiger partial charge < -0.3 is 9.47 Å². The van der Waals surface area contributed by atoms with Gasteiger partial charge in [-0.15, -0.1) is 0 Å². The van der Waals surface area contributed by atoms with Crippen LogP contribution >= 0.6 is 0 Å². The van der Waals surface area contributed by atoms with Gasteiger partial charge in [-0.25, -0.2) is 4.79 Å². The zero-order valence-corrected chi connectivity index (χ0v) is 10.4. The van der Waals surface area contributed by atoms with Crippen LogP contribution in [0.1, 0.15) is 47.0 Å². The molecule has 15 heavy (non-hydrogen) atoms. The summed E-state index contributed by atoms with van der Waals surface area (Å²) in [6.45, 7) is 8.92. The lowest BCUT2D eigenvalue weighted by atomic mass is 10.1. The summed E-state index contributed by atoms with van der Waals surface area (Å²) in [7, 11) is 0. The van der Waals surface area contributed by atoms with Crippen molar-refractivity contribution in [1.29, 1.82) is 0 Å². The second kappa shape index (κ2) is 8.72. The van der Waals surface area contributed by atoms with Crippen LogP contribution < -0.4 is 0 Å². The summed E-state index contributed by atoms with van der Waals surface area (Å²) in [6, 6.07) is 0. The fourth-order valence-electron chi connectivity index (χ4n) is 1.31. The third-order valence-electron chi connectivity index (χ3n) is 2.05. The van der Waals surface area contributed by atoms with E-state index in [2.05, 4.69) is 20.8 Å². The Bertz CT molecular complexity index is 166. The molecule has 0 heterocycles. The van der Waals surface area contributed by atoms with E-state index in [1.54, 1.807) is 0 Å². The molecule has 1 atom stereocenters. The number of ether oxygens (including phenoxy) is 2. The molecule has 0 rings (SSSR count). The van der Waals surface area contributed by atoms with Gasteiger partial charge in [0.2, 0.25) is 0 Å².